The lowest BCUT2D eigenvalue weighted by Gasteiger charge is -2.34. The van der Waals surface area contributed by atoms with E-state index in [0.29, 0.717) is 13.2 Å². The van der Waals surface area contributed by atoms with Gasteiger partial charge in [-0.3, -0.25) is 9.80 Å². The highest BCUT2D eigenvalue weighted by molar-refractivity contribution is 9.10. The van der Waals surface area contributed by atoms with Crippen LogP contribution in [0.3, 0.4) is 0 Å². The third-order valence-corrected chi connectivity index (χ3v) is 4.38. The maximum atomic E-state index is 8.68. The number of halogens is 1. The van der Waals surface area contributed by atoms with Crippen LogP contribution in [-0.4, -0.2) is 74.6 Å². The third-order valence-electron chi connectivity index (χ3n) is 3.89. The average molecular weight is 373 g/mol. The van der Waals surface area contributed by atoms with Crippen LogP contribution in [0.5, 0.6) is 5.75 Å². The summed E-state index contributed by atoms with van der Waals surface area (Å²) in [6.07, 6.45) is 0. The molecule has 124 valence electrons. The molecule has 1 N–H and O–H groups in total. The van der Waals surface area contributed by atoms with Crippen LogP contribution in [0, 0.1) is 0 Å². The van der Waals surface area contributed by atoms with Gasteiger partial charge in [-0.25, -0.2) is 0 Å². The quantitative estimate of drug-likeness (QED) is 0.702. The molecule has 0 unspecified atom stereocenters. The molecule has 0 amide bonds. The van der Waals surface area contributed by atoms with Crippen LogP contribution in [0.4, 0.5) is 0 Å². The summed E-state index contributed by atoms with van der Waals surface area (Å²) in [7, 11) is 1.72. The second kappa shape index (κ2) is 9.47. The van der Waals surface area contributed by atoms with E-state index in [1.54, 1.807) is 7.11 Å². The van der Waals surface area contributed by atoms with Crippen molar-refractivity contribution in [3.8, 4) is 5.75 Å². The normalized spacial score (nSPS) is 16.9. The summed E-state index contributed by atoms with van der Waals surface area (Å²) in [6.45, 7) is 7.29. The average Bonchev–Trinajstić information content (AvgIpc) is 2.53. The number of methoxy groups -OCH3 is 1. The summed E-state index contributed by atoms with van der Waals surface area (Å²) in [5.41, 5.74) is 1.22. The number of nitrogens with zero attached hydrogens (tertiary/aromatic N) is 2. The summed E-state index contributed by atoms with van der Waals surface area (Å²) in [5.74, 6) is 0.947. The zero-order valence-electron chi connectivity index (χ0n) is 13.1. The molecular formula is C16H25BrN2O3. The smallest absolute Gasteiger partial charge is 0.123 e. The van der Waals surface area contributed by atoms with Crippen molar-refractivity contribution < 1.29 is 14.6 Å². The lowest BCUT2D eigenvalue weighted by molar-refractivity contribution is 0.0562. The van der Waals surface area contributed by atoms with E-state index in [0.717, 1.165) is 49.5 Å². The molecule has 1 aromatic rings. The molecule has 0 bridgehead atoms. The minimum absolute atomic E-state index is 0.0995. The first-order valence-corrected chi connectivity index (χ1v) is 8.48. The molecule has 0 spiro atoms. The van der Waals surface area contributed by atoms with Crippen LogP contribution in [0.2, 0.25) is 0 Å². The Morgan fingerprint density at radius 3 is 2.55 bits per heavy atom. The van der Waals surface area contributed by atoms with Gasteiger partial charge in [-0.1, -0.05) is 15.9 Å². The number of benzene rings is 1. The molecule has 0 saturated carbocycles. The zero-order chi connectivity index (χ0) is 15.8. The minimum atomic E-state index is 0.0995. The van der Waals surface area contributed by atoms with Crippen LogP contribution < -0.4 is 4.74 Å². The number of hydrogen-bond donors (Lipinski definition) is 1. The first-order valence-electron chi connectivity index (χ1n) is 7.68. The number of aliphatic hydroxyl groups excluding tert-OH is 1. The Morgan fingerprint density at radius 1 is 1.14 bits per heavy atom. The van der Waals surface area contributed by atoms with E-state index in [2.05, 4.69) is 31.8 Å². The van der Waals surface area contributed by atoms with Crippen molar-refractivity contribution in [2.75, 3.05) is 59.7 Å². The van der Waals surface area contributed by atoms with Crippen molar-refractivity contribution in [2.45, 2.75) is 6.54 Å². The second-order valence-electron chi connectivity index (χ2n) is 5.41. The van der Waals surface area contributed by atoms with E-state index in [-0.39, 0.29) is 6.61 Å². The summed E-state index contributed by atoms with van der Waals surface area (Å²) in [5, 5.41) is 8.68. The Labute approximate surface area is 140 Å². The van der Waals surface area contributed by atoms with Gasteiger partial charge in [-0.05, 0) is 18.2 Å². The standard InChI is InChI=1S/C16H25BrN2O3/c1-21-16-3-2-15(17)12-14(16)13-19-6-4-18(5-7-19)8-10-22-11-9-20/h2-3,12,20H,4-11,13H2,1H3. The largest absolute Gasteiger partial charge is 0.496 e. The van der Waals surface area contributed by atoms with Crippen molar-refractivity contribution in [3.63, 3.8) is 0 Å². The summed E-state index contributed by atoms with van der Waals surface area (Å²) in [4.78, 5) is 4.86. The second-order valence-corrected chi connectivity index (χ2v) is 6.33. The predicted molar refractivity (Wildman–Crippen MR) is 90.3 cm³/mol. The Kier molecular flexibility index (Phi) is 7.62. The van der Waals surface area contributed by atoms with E-state index in [1.165, 1.54) is 5.56 Å². The molecule has 22 heavy (non-hydrogen) atoms. The Morgan fingerprint density at radius 2 is 1.86 bits per heavy atom. The Balaban J connectivity index is 1.76. The van der Waals surface area contributed by atoms with Crippen LogP contribution in [0.1, 0.15) is 5.56 Å². The molecular weight excluding hydrogens is 348 g/mol. The van der Waals surface area contributed by atoms with Gasteiger partial charge < -0.3 is 14.6 Å². The molecule has 2 rings (SSSR count). The van der Waals surface area contributed by atoms with Gasteiger partial charge in [0, 0.05) is 49.3 Å². The van der Waals surface area contributed by atoms with E-state index < -0.39 is 0 Å². The molecule has 1 aromatic carbocycles. The van der Waals surface area contributed by atoms with E-state index in [4.69, 9.17) is 14.6 Å². The highest BCUT2D eigenvalue weighted by Crippen LogP contribution is 2.24. The van der Waals surface area contributed by atoms with Crippen molar-refractivity contribution in [1.29, 1.82) is 0 Å². The molecule has 1 aliphatic rings. The van der Waals surface area contributed by atoms with Gasteiger partial charge in [0.15, 0.2) is 0 Å². The third kappa shape index (κ3) is 5.52. The van der Waals surface area contributed by atoms with Crippen LogP contribution >= 0.6 is 15.9 Å². The van der Waals surface area contributed by atoms with Crippen LogP contribution in [-0.2, 0) is 11.3 Å². The van der Waals surface area contributed by atoms with Gasteiger partial charge >= 0.3 is 0 Å². The van der Waals surface area contributed by atoms with Gasteiger partial charge in [0.1, 0.15) is 5.75 Å². The summed E-state index contributed by atoms with van der Waals surface area (Å²) < 4.78 is 11.9. The molecule has 5 nitrogen and oxygen atoms in total. The number of hydrogen-bond acceptors (Lipinski definition) is 5. The lowest BCUT2D eigenvalue weighted by Crippen LogP contribution is -2.46. The Hall–Kier alpha value is -0.660. The monoisotopic (exact) mass is 372 g/mol. The molecule has 1 heterocycles. The van der Waals surface area contributed by atoms with Crippen molar-refractivity contribution >= 4 is 15.9 Å². The Bertz CT molecular complexity index is 451. The highest BCUT2D eigenvalue weighted by Gasteiger charge is 2.18. The fraction of sp³-hybridized carbons (Fsp3) is 0.625. The number of piperazine rings is 1. The molecule has 0 atom stereocenters. The molecule has 0 radical (unpaired) electrons. The summed E-state index contributed by atoms with van der Waals surface area (Å²) >= 11 is 3.53. The van der Waals surface area contributed by atoms with E-state index in [9.17, 15) is 0 Å². The van der Waals surface area contributed by atoms with Gasteiger partial charge in [0.05, 0.1) is 26.9 Å². The molecule has 0 aliphatic carbocycles. The summed E-state index contributed by atoms with van der Waals surface area (Å²) in [6, 6.07) is 6.15. The number of ether oxygens (including phenoxy) is 2. The molecule has 1 aliphatic heterocycles. The fourth-order valence-electron chi connectivity index (χ4n) is 2.64. The molecule has 0 aromatic heterocycles. The fourth-order valence-corrected chi connectivity index (χ4v) is 3.05. The van der Waals surface area contributed by atoms with Crippen LogP contribution in [0.15, 0.2) is 22.7 Å². The predicted octanol–water partition coefficient (Wildman–Crippen LogP) is 1.58. The van der Waals surface area contributed by atoms with Crippen molar-refractivity contribution in [3.05, 3.63) is 28.2 Å². The van der Waals surface area contributed by atoms with Gasteiger partial charge in [0.2, 0.25) is 0 Å². The highest BCUT2D eigenvalue weighted by atomic mass is 79.9. The van der Waals surface area contributed by atoms with Crippen molar-refractivity contribution in [2.24, 2.45) is 0 Å². The maximum Gasteiger partial charge on any atom is 0.123 e. The van der Waals surface area contributed by atoms with Crippen molar-refractivity contribution in [1.82, 2.24) is 9.80 Å². The minimum Gasteiger partial charge on any atom is -0.496 e. The van der Waals surface area contributed by atoms with E-state index >= 15 is 0 Å². The van der Waals surface area contributed by atoms with Crippen LogP contribution in [0.25, 0.3) is 0 Å². The zero-order valence-corrected chi connectivity index (χ0v) is 14.7. The SMILES string of the molecule is COc1ccc(Br)cc1CN1CCN(CCOCCO)CC1. The van der Waals surface area contributed by atoms with Gasteiger partial charge in [0.25, 0.3) is 0 Å². The molecule has 1 saturated heterocycles. The molecule has 6 heteroatoms. The first kappa shape index (κ1) is 17.7. The number of aliphatic hydroxyl groups is 1. The lowest BCUT2D eigenvalue weighted by atomic mass is 10.1. The topological polar surface area (TPSA) is 45.2 Å². The first-order chi connectivity index (χ1) is 10.7. The molecule has 1 fully saturated rings. The van der Waals surface area contributed by atoms with E-state index in [1.807, 2.05) is 12.1 Å². The number of rotatable bonds is 8. The van der Waals surface area contributed by atoms with Gasteiger partial charge in [-0.2, -0.15) is 0 Å². The maximum absolute atomic E-state index is 8.68. The van der Waals surface area contributed by atoms with Gasteiger partial charge in [-0.15, -0.1) is 0 Å².